The van der Waals surface area contributed by atoms with Crippen molar-refractivity contribution >= 4 is 5.69 Å². The second-order valence-corrected chi connectivity index (χ2v) is 10.7. The van der Waals surface area contributed by atoms with Gasteiger partial charge in [-0.1, -0.05) is 98.8 Å². The number of non-ortho nitro benzene ring substituents is 1. The van der Waals surface area contributed by atoms with Crippen molar-refractivity contribution in [2.24, 2.45) is 0 Å². The van der Waals surface area contributed by atoms with Crippen LogP contribution in [0.2, 0.25) is 0 Å². The second-order valence-electron chi connectivity index (χ2n) is 10.7. The van der Waals surface area contributed by atoms with E-state index < -0.39 is 0 Å². The Bertz CT molecular complexity index is 1660. The Morgan fingerprint density at radius 2 is 1.25 bits per heavy atom. The molecule has 1 unspecified atom stereocenters. The largest absolute Gasteiger partial charge is 0.508 e. The molecule has 0 aliphatic rings. The van der Waals surface area contributed by atoms with E-state index in [1.807, 2.05) is 80.6 Å². The van der Waals surface area contributed by atoms with Crippen LogP contribution in [0.4, 0.5) is 5.69 Å². The van der Waals surface area contributed by atoms with E-state index in [-0.39, 0.29) is 16.5 Å². The first kappa shape index (κ1) is 32.2. The van der Waals surface area contributed by atoms with Crippen LogP contribution in [0, 0.1) is 10.1 Å². The average molecular weight is 588 g/mol. The van der Waals surface area contributed by atoms with Crippen molar-refractivity contribution in [2.75, 3.05) is 13.2 Å². The predicted molar refractivity (Wildman–Crippen MR) is 181 cm³/mol. The minimum absolute atomic E-state index is 0.0738. The van der Waals surface area contributed by atoms with E-state index in [2.05, 4.69) is 44.2 Å². The van der Waals surface area contributed by atoms with Crippen molar-refractivity contribution in [3.05, 3.63) is 142 Å². The van der Waals surface area contributed by atoms with E-state index >= 15 is 0 Å². The van der Waals surface area contributed by atoms with Crippen LogP contribution in [0.3, 0.4) is 0 Å². The van der Waals surface area contributed by atoms with Gasteiger partial charge in [0.25, 0.3) is 5.69 Å². The number of nitro groups is 1. The molecule has 5 aromatic carbocycles. The number of nitrogens with zero attached hydrogens (tertiary/aromatic N) is 1. The summed E-state index contributed by atoms with van der Waals surface area (Å²) in [6.07, 6.45) is 1.73. The van der Waals surface area contributed by atoms with Crippen LogP contribution < -0.4 is 0 Å². The van der Waals surface area contributed by atoms with Crippen LogP contribution >= 0.6 is 0 Å². The molecule has 5 nitrogen and oxygen atoms in total. The van der Waals surface area contributed by atoms with E-state index in [4.69, 9.17) is 4.74 Å². The molecule has 0 fully saturated rings. The third-order valence-electron chi connectivity index (χ3n) is 7.79. The monoisotopic (exact) mass is 587 g/mol. The van der Waals surface area contributed by atoms with Crippen molar-refractivity contribution < 1.29 is 14.8 Å². The molecule has 44 heavy (non-hydrogen) atoms. The molecule has 226 valence electrons. The summed E-state index contributed by atoms with van der Waals surface area (Å²) < 4.78 is 4.83. The number of hydrogen-bond donors (Lipinski definition) is 1. The fourth-order valence-corrected chi connectivity index (χ4v) is 5.49. The van der Waals surface area contributed by atoms with E-state index in [9.17, 15) is 15.2 Å². The summed E-state index contributed by atoms with van der Waals surface area (Å²) >= 11 is 0. The molecule has 5 aromatic rings. The van der Waals surface area contributed by atoms with E-state index in [1.165, 1.54) is 16.7 Å². The number of benzene rings is 5. The Balaban J connectivity index is 0.000000818. The first-order valence-electron chi connectivity index (χ1n) is 15.3. The fraction of sp³-hybridized carbons (Fsp3) is 0.231. The summed E-state index contributed by atoms with van der Waals surface area (Å²) in [5.41, 5.74) is 9.65. The highest BCUT2D eigenvalue weighted by molar-refractivity contribution is 5.92. The molecule has 0 heterocycles. The number of phenols is 1. The molecule has 0 saturated carbocycles. The standard InChI is InChI=1S/C35H31NO3.C4H10O/c1-3-25-21-31(37)17-14-29(25)20-24(2)28-15-18-32(34(22-28)26-10-6-4-7-11-26)33-19-16-30(36(38)39)23-35(33)27-12-8-5-9-13-27;1-3-5-4-2/h4-19,21-24,37H,3,20H2,1-2H3;3-4H2,1-2H3. The highest BCUT2D eigenvalue weighted by atomic mass is 16.6. The van der Waals surface area contributed by atoms with Gasteiger partial charge in [0, 0.05) is 25.3 Å². The van der Waals surface area contributed by atoms with Crippen molar-refractivity contribution in [3.63, 3.8) is 0 Å². The molecule has 0 aliphatic carbocycles. The van der Waals surface area contributed by atoms with Gasteiger partial charge in [-0.05, 0) is 101 Å². The first-order chi connectivity index (χ1) is 21.4. The molecular formula is C39H41NO4. The minimum Gasteiger partial charge on any atom is -0.508 e. The maximum atomic E-state index is 11.6. The highest BCUT2D eigenvalue weighted by Gasteiger charge is 2.19. The fourth-order valence-electron chi connectivity index (χ4n) is 5.49. The Morgan fingerprint density at radius 3 is 1.77 bits per heavy atom. The second kappa shape index (κ2) is 15.6. The van der Waals surface area contributed by atoms with E-state index in [0.29, 0.717) is 5.75 Å². The Hall–Kier alpha value is -4.74. The lowest BCUT2D eigenvalue weighted by molar-refractivity contribution is -0.384. The molecule has 1 N–H and O–H groups in total. The maximum absolute atomic E-state index is 11.6. The zero-order valence-electron chi connectivity index (χ0n) is 26.0. The number of phenolic OH excluding ortho intramolecular Hbond substituents is 1. The van der Waals surface area contributed by atoms with Gasteiger partial charge in [0.15, 0.2) is 0 Å². The number of nitro benzene ring substituents is 1. The van der Waals surface area contributed by atoms with Crippen molar-refractivity contribution in [2.45, 2.75) is 46.5 Å². The number of rotatable bonds is 10. The molecule has 0 spiro atoms. The summed E-state index contributed by atoms with van der Waals surface area (Å²) in [6, 6.07) is 37.5. The quantitative estimate of drug-likeness (QED) is 0.130. The van der Waals surface area contributed by atoms with Crippen molar-refractivity contribution in [3.8, 4) is 39.1 Å². The van der Waals surface area contributed by atoms with Gasteiger partial charge in [-0.2, -0.15) is 0 Å². The lowest BCUT2D eigenvalue weighted by Gasteiger charge is -2.20. The molecule has 0 aliphatic heterocycles. The third kappa shape index (κ3) is 8.00. The summed E-state index contributed by atoms with van der Waals surface area (Å²) in [5.74, 6) is 0.554. The first-order valence-corrected chi connectivity index (χ1v) is 15.3. The zero-order valence-corrected chi connectivity index (χ0v) is 26.0. The van der Waals surface area contributed by atoms with Crippen molar-refractivity contribution in [1.29, 1.82) is 0 Å². The van der Waals surface area contributed by atoms with Gasteiger partial charge < -0.3 is 9.84 Å². The van der Waals surface area contributed by atoms with Gasteiger partial charge in [-0.3, -0.25) is 10.1 Å². The molecule has 0 amide bonds. The van der Waals surface area contributed by atoms with Crippen LogP contribution in [-0.2, 0) is 17.6 Å². The number of aryl methyl sites for hydroxylation is 1. The molecule has 0 radical (unpaired) electrons. The van der Waals surface area contributed by atoms with Crippen LogP contribution in [-0.4, -0.2) is 23.2 Å². The van der Waals surface area contributed by atoms with Crippen LogP contribution in [0.5, 0.6) is 5.75 Å². The lowest BCUT2D eigenvalue weighted by Crippen LogP contribution is -2.02. The normalized spacial score (nSPS) is 11.4. The van der Waals surface area contributed by atoms with Gasteiger partial charge in [-0.15, -0.1) is 0 Å². The van der Waals surface area contributed by atoms with Crippen LogP contribution in [0.25, 0.3) is 33.4 Å². The topological polar surface area (TPSA) is 72.6 Å². The minimum atomic E-state index is -0.340. The van der Waals surface area contributed by atoms with E-state index in [0.717, 1.165) is 59.4 Å². The molecular weight excluding hydrogens is 546 g/mol. The molecule has 0 aromatic heterocycles. The van der Waals surface area contributed by atoms with Gasteiger partial charge >= 0.3 is 0 Å². The smallest absolute Gasteiger partial charge is 0.270 e. The SMILES string of the molecule is CCOCC.CCc1cc(O)ccc1CC(C)c1ccc(-c2ccc([N+](=O)[O-])cc2-c2ccccc2)c(-c2ccccc2)c1. The average Bonchev–Trinajstić information content (AvgIpc) is 3.06. The third-order valence-corrected chi connectivity index (χ3v) is 7.79. The summed E-state index contributed by atoms with van der Waals surface area (Å²) in [7, 11) is 0. The van der Waals surface area contributed by atoms with Gasteiger partial charge in [0.05, 0.1) is 4.92 Å². The Morgan fingerprint density at radius 1 is 0.682 bits per heavy atom. The highest BCUT2D eigenvalue weighted by Crippen LogP contribution is 2.41. The Labute approximate surface area is 261 Å². The molecule has 0 saturated heterocycles. The summed E-state index contributed by atoms with van der Waals surface area (Å²) in [6.45, 7) is 10.0. The van der Waals surface area contributed by atoms with Crippen molar-refractivity contribution in [1.82, 2.24) is 0 Å². The van der Waals surface area contributed by atoms with Gasteiger partial charge in [-0.25, -0.2) is 0 Å². The number of ether oxygens (including phenoxy) is 1. The zero-order chi connectivity index (χ0) is 31.5. The maximum Gasteiger partial charge on any atom is 0.270 e. The van der Waals surface area contributed by atoms with E-state index in [1.54, 1.807) is 18.2 Å². The summed E-state index contributed by atoms with van der Waals surface area (Å²) in [5, 5.41) is 21.6. The van der Waals surface area contributed by atoms with Crippen LogP contribution in [0.15, 0.2) is 115 Å². The number of aromatic hydroxyl groups is 1. The van der Waals surface area contributed by atoms with Gasteiger partial charge in [0.2, 0.25) is 0 Å². The number of hydrogen-bond acceptors (Lipinski definition) is 4. The molecule has 1 atom stereocenters. The Kier molecular flexibility index (Phi) is 11.4. The lowest BCUT2D eigenvalue weighted by atomic mass is 9.84. The predicted octanol–water partition coefficient (Wildman–Crippen LogP) is 10.3. The molecule has 0 bridgehead atoms. The molecule has 5 rings (SSSR count). The van der Waals surface area contributed by atoms with Crippen LogP contribution in [0.1, 0.15) is 50.3 Å². The molecule has 5 heteroatoms. The van der Waals surface area contributed by atoms with Gasteiger partial charge in [0.1, 0.15) is 5.75 Å². The summed E-state index contributed by atoms with van der Waals surface area (Å²) in [4.78, 5) is 11.3.